The van der Waals surface area contributed by atoms with E-state index in [0.717, 1.165) is 0 Å². The van der Waals surface area contributed by atoms with Crippen LogP contribution in [0.15, 0.2) is 42.5 Å². The molecule has 0 radical (unpaired) electrons. The highest BCUT2D eigenvalue weighted by Crippen LogP contribution is 2.22. The Morgan fingerprint density at radius 3 is 2.56 bits per heavy atom. The first-order valence-electron chi connectivity index (χ1n) is 7.87. The number of anilines is 1. The van der Waals surface area contributed by atoms with Crippen LogP contribution in [0.25, 0.3) is 0 Å². The fraction of sp³-hybridized carbons (Fsp3) is 0.263. The summed E-state index contributed by atoms with van der Waals surface area (Å²) in [7, 11) is 1.32. The monoisotopic (exact) mass is 361 g/mol. The maximum absolute atomic E-state index is 12.6. The second-order valence-corrected chi connectivity index (χ2v) is 5.87. The van der Waals surface area contributed by atoms with Gasteiger partial charge in [-0.25, -0.2) is 4.79 Å². The lowest BCUT2D eigenvalue weighted by Gasteiger charge is -2.18. The van der Waals surface area contributed by atoms with Gasteiger partial charge in [0, 0.05) is 10.7 Å². The van der Waals surface area contributed by atoms with E-state index in [2.05, 4.69) is 5.32 Å². The molecule has 0 aliphatic rings. The zero-order valence-electron chi connectivity index (χ0n) is 14.3. The van der Waals surface area contributed by atoms with Crippen molar-refractivity contribution in [1.29, 1.82) is 0 Å². The molecule has 0 fully saturated rings. The maximum Gasteiger partial charge on any atom is 0.338 e. The summed E-state index contributed by atoms with van der Waals surface area (Å²) >= 11 is 5.94. The molecule has 0 saturated heterocycles. The largest absolute Gasteiger partial charge is 0.481 e. The Morgan fingerprint density at radius 2 is 1.92 bits per heavy atom. The fourth-order valence-corrected chi connectivity index (χ4v) is 2.52. The third kappa shape index (κ3) is 4.73. The number of carbonyl (C=O) groups excluding carboxylic acids is 2. The van der Waals surface area contributed by atoms with Gasteiger partial charge in [-0.15, -0.1) is 0 Å². The number of nitrogens with one attached hydrogen (secondary N) is 1. The van der Waals surface area contributed by atoms with Crippen molar-refractivity contribution >= 4 is 29.2 Å². The first-order chi connectivity index (χ1) is 12.0. The second kappa shape index (κ2) is 8.53. The van der Waals surface area contributed by atoms with Gasteiger partial charge in [0.2, 0.25) is 0 Å². The lowest BCUT2D eigenvalue weighted by atomic mass is 10.1. The van der Waals surface area contributed by atoms with Crippen LogP contribution >= 0.6 is 11.6 Å². The zero-order chi connectivity index (χ0) is 18.4. The molecule has 5 nitrogen and oxygen atoms in total. The summed E-state index contributed by atoms with van der Waals surface area (Å²) in [6, 6.07) is 11.9. The van der Waals surface area contributed by atoms with E-state index >= 15 is 0 Å². The number of amides is 1. The first-order valence-corrected chi connectivity index (χ1v) is 8.25. The molecule has 2 aromatic carbocycles. The van der Waals surface area contributed by atoms with Crippen molar-refractivity contribution in [2.75, 3.05) is 12.4 Å². The number of ether oxygens (including phenoxy) is 2. The van der Waals surface area contributed by atoms with Crippen LogP contribution in [0.2, 0.25) is 5.02 Å². The molecule has 0 unspecified atom stereocenters. The van der Waals surface area contributed by atoms with E-state index in [0.29, 0.717) is 34.0 Å². The summed E-state index contributed by atoms with van der Waals surface area (Å²) in [6.45, 7) is 3.60. The molecule has 0 aliphatic heterocycles. The SMILES string of the molecule is CC[C@@H](Oc1cccc(Cl)c1)C(=O)Nc1cccc(C(=O)OC)c1C. The number of carbonyl (C=O) groups is 2. The highest BCUT2D eigenvalue weighted by molar-refractivity contribution is 6.30. The van der Waals surface area contributed by atoms with Gasteiger partial charge < -0.3 is 14.8 Å². The number of methoxy groups -OCH3 is 1. The lowest BCUT2D eigenvalue weighted by Crippen LogP contribution is -2.32. The molecule has 2 rings (SSSR count). The molecule has 0 aromatic heterocycles. The van der Waals surface area contributed by atoms with E-state index in [1.54, 1.807) is 49.4 Å². The van der Waals surface area contributed by atoms with Gasteiger partial charge >= 0.3 is 5.97 Å². The third-order valence-electron chi connectivity index (χ3n) is 3.73. The predicted molar refractivity (Wildman–Crippen MR) is 97.3 cm³/mol. The van der Waals surface area contributed by atoms with Crippen molar-refractivity contribution in [3.05, 3.63) is 58.6 Å². The molecule has 6 heteroatoms. The molecule has 0 spiro atoms. The summed E-state index contributed by atoms with van der Waals surface area (Å²) < 4.78 is 10.5. The van der Waals surface area contributed by atoms with Crippen LogP contribution in [0.3, 0.4) is 0 Å². The van der Waals surface area contributed by atoms with E-state index in [1.807, 2.05) is 6.92 Å². The van der Waals surface area contributed by atoms with Crippen LogP contribution in [-0.4, -0.2) is 25.1 Å². The molecular weight excluding hydrogens is 342 g/mol. The summed E-state index contributed by atoms with van der Waals surface area (Å²) in [5.41, 5.74) is 1.59. The van der Waals surface area contributed by atoms with Crippen LogP contribution in [0, 0.1) is 6.92 Å². The zero-order valence-corrected chi connectivity index (χ0v) is 15.1. The Balaban J connectivity index is 2.16. The van der Waals surface area contributed by atoms with E-state index in [4.69, 9.17) is 21.1 Å². The average molecular weight is 362 g/mol. The summed E-state index contributed by atoms with van der Waals surface area (Å²) in [4.78, 5) is 24.3. The van der Waals surface area contributed by atoms with Gasteiger partial charge in [0.1, 0.15) is 5.75 Å². The molecule has 25 heavy (non-hydrogen) atoms. The molecule has 1 atom stereocenters. The quantitative estimate of drug-likeness (QED) is 0.782. The maximum atomic E-state index is 12.6. The Kier molecular flexibility index (Phi) is 6.42. The Bertz CT molecular complexity index is 776. The van der Waals surface area contributed by atoms with Crippen LogP contribution < -0.4 is 10.1 Å². The predicted octanol–water partition coefficient (Wildman–Crippen LogP) is 4.23. The van der Waals surface area contributed by atoms with E-state index in [9.17, 15) is 9.59 Å². The lowest BCUT2D eigenvalue weighted by molar-refractivity contribution is -0.122. The summed E-state index contributed by atoms with van der Waals surface area (Å²) in [5.74, 6) is -0.224. The minimum atomic E-state index is -0.681. The third-order valence-corrected chi connectivity index (χ3v) is 3.97. The molecule has 1 N–H and O–H groups in total. The molecule has 1 amide bonds. The van der Waals surface area contributed by atoms with Gasteiger partial charge in [-0.2, -0.15) is 0 Å². The van der Waals surface area contributed by atoms with Gasteiger partial charge in [0.25, 0.3) is 5.91 Å². The van der Waals surface area contributed by atoms with Crippen molar-refractivity contribution in [3.63, 3.8) is 0 Å². The summed E-state index contributed by atoms with van der Waals surface area (Å²) in [6.07, 6.45) is -0.201. The molecule has 2 aromatic rings. The number of esters is 1. The van der Waals surface area contributed by atoms with E-state index in [-0.39, 0.29) is 5.91 Å². The fourth-order valence-electron chi connectivity index (χ4n) is 2.34. The van der Waals surface area contributed by atoms with Crippen LogP contribution in [-0.2, 0) is 9.53 Å². The van der Waals surface area contributed by atoms with Gasteiger partial charge in [-0.3, -0.25) is 4.79 Å². The number of hydrogen-bond donors (Lipinski definition) is 1. The first kappa shape index (κ1) is 18.8. The molecule has 0 saturated carbocycles. The summed E-state index contributed by atoms with van der Waals surface area (Å²) in [5, 5.41) is 3.35. The van der Waals surface area contributed by atoms with Crippen LogP contribution in [0.4, 0.5) is 5.69 Å². The highest BCUT2D eigenvalue weighted by Gasteiger charge is 2.20. The van der Waals surface area contributed by atoms with Crippen molar-refractivity contribution in [2.45, 2.75) is 26.4 Å². The number of halogens is 1. The minimum absolute atomic E-state index is 0.299. The molecule has 0 heterocycles. The van der Waals surface area contributed by atoms with Gasteiger partial charge in [-0.1, -0.05) is 30.7 Å². The molecule has 0 bridgehead atoms. The molecule has 132 valence electrons. The van der Waals surface area contributed by atoms with E-state index in [1.165, 1.54) is 7.11 Å². The number of hydrogen-bond acceptors (Lipinski definition) is 4. The highest BCUT2D eigenvalue weighted by atomic mass is 35.5. The van der Waals surface area contributed by atoms with Crippen molar-refractivity contribution in [2.24, 2.45) is 0 Å². The van der Waals surface area contributed by atoms with Crippen molar-refractivity contribution < 1.29 is 19.1 Å². The minimum Gasteiger partial charge on any atom is -0.481 e. The standard InChI is InChI=1S/C19H20ClNO4/c1-4-17(25-14-8-5-7-13(20)11-14)18(22)21-16-10-6-9-15(12(16)2)19(23)24-3/h5-11,17H,4H2,1-3H3,(H,21,22)/t17-/m1/s1. The van der Waals surface area contributed by atoms with Crippen LogP contribution in [0.1, 0.15) is 29.3 Å². The topological polar surface area (TPSA) is 64.6 Å². The molecular formula is C19H20ClNO4. The van der Waals surface area contributed by atoms with E-state index < -0.39 is 12.1 Å². The van der Waals surface area contributed by atoms with Gasteiger partial charge in [0.05, 0.1) is 12.7 Å². The smallest absolute Gasteiger partial charge is 0.338 e. The molecule has 0 aliphatic carbocycles. The Morgan fingerprint density at radius 1 is 1.20 bits per heavy atom. The number of benzene rings is 2. The van der Waals surface area contributed by atoms with Gasteiger partial charge in [0.15, 0.2) is 6.10 Å². The average Bonchev–Trinajstić information content (AvgIpc) is 2.60. The van der Waals surface area contributed by atoms with Gasteiger partial charge in [-0.05, 0) is 49.2 Å². The van der Waals surface area contributed by atoms with Crippen LogP contribution in [0.5, 0.6) is 5.75 Å². The van der Waals surface area contributed by atoms with Crippen molar-refractivity contribution in [1.82, 2.24) is 0 Å². The second-order valence-electron chi connectivity index (χ2n) is 5.43. The Hall–Kier alpha value is -2.53. The van der Waals surface area contributed by atoms with Crippen molar-refractivity contribution in [3.8, 4) is 5.75 Å². The number of rotatable bonds is 6. The Labute approximate surface area is 151 Å². The normalized spacial score (nSPS) is 11.5.